The molecule has 0 radical (unpaired) electrons. The highest BCUT2D eigenvalue weighted by Gasteiger charge is 2.05. The van der Waals surface area contributed by atoms with E-state index in [2.05, 4.69) is 47.3 Å². The molecule has 3 rings (SSSR count). The topological polar surface area (TPSA) is 54.9 Å². The van der Waals surface area contributed by atoms with Crippen molar-refractivity contribution in [1.82, 2.24) is 15.3 Å². The van der Waals surface area contributed by atoms with Crippen LogP contribution in [0.1, 0.15) is 28.7 Å². The van der Waals surface area contributed by atoms with Gasteiger partial charge in [-0.1, -0.05) is 18.2 Å². The number of carbonyl (C=O) groups excluding carboxylic acids is 1. The molecular weight excluding hydrogens is 322 g/mol. The summed E-state index contributed by atoms with van der Waals surface area (Å²) in [5.74, 6) is 0.0606. The Labute approximate surface area is 154 Å². The number of nitrogens with zero attached hydrogens (tertiary/aromatic N) is 2. The number of rotatable bonds is 6. The van der Waals surface area contributed by atoms with Gasteiger partial charge in [-0.2, -0.15) is 0 Å². The summed E-state index contributed by atoms with van der Waals surface area (Å²) in [4.78, 5) is 20.6. The van der Waals surface area contributed by atoms with Crippen molar-refractivity contribution < 1.29 is 4.79 Å². The molecule has 0 spiro atoms. The molecule has 3 aromatic rings. The third kappa shape index (κ3) is 4.76. The van der Waals surface area contributed by atoms with Crippen molar-refractivity contribution in [3.8, 4) is 11.3 Å². The number of aromatic nitrogens is 2. The van der Waals surface area contributed by atoms with Crippen LogP contribution in [-0.2, 0) is 17.8 Å². The predicted molar refractivity (Wildman–Crippen MR) is 104 cm³/mol. The Morgan fingerprint density at radius 2 is 1.73 bits per heavy atom. The number of pyridine rings is 2. The van der Waals surface area contributed by atoms with E-state index >= 15 is 0 Å². The molecular formula is C22H23N3O. The van der Waals surface area contributed by atoms with Crippen LogP contribution in [0.3, 0.4) is 0 Å². The third-order valence-electron chi connectivity index (χ3n) is 4.50. The number of hydrogen-bond acceptors (Lipinski definition) is 3. The van der Waals surface area contributed by atoms with Gasteiger partial charge in [-0.3, -0.25) is 14.8 Å². The third-order valence-corrected chi connectivity index (χ3v) is 4.50. The van der Waals surface area contributed by atoms with E-state index in [1.165, 1.54) is 16.7 Å². The standard InChI is InChI=1S/C22H23N3O/c1-16-3-4-18(13-17(16)2)5-6-22(26)25-15-19-7-12-24-21(14-19)20-8-10-23-11-9-20/h3-4,7-14H,5-6,15H2,1-2H3,(H,25,26). The second kappa shape index (κ2) is 8.39. The molecule has 0 fully saturated rings. The molecule has 1 N–H and O–H groups in total. The largest absolute Gasteiger partial charge is 0.352 e. The van der Waals surface area contributed by atoms with Crippen molar-refractivity contribution in [3.05, 3.63) is 83.3 Å². The zero-order valence-electron chi connectivity index (χ0n) is 15.2. The fraction of sp³-hybridized carbons (Fsp3) is 0.227. The van der Waals surface area contributed by atoms with Crippen LogP contribution >= 0.6 is 0 Å². The van der Waals surface area contributed by atoms with Crippen LogP contribution in [0.15, 0.2) is 61.1 Å². The van der Waals surface area contributed by atoms with Gasteiger partial charge in [0.15, 0.2) is 0 Å². The molecule has 4 heteroatoms. The molecule has 1 aromatic carbocycles. The zero-order chi connectivity index (χ0) is 18.4. The minimum absolute atomic E-state index is 0.0606. The maximum absolute atomic E-state index is 12.2. The van der Waals surface area contributed by atoms with Crippen LogP contribution in [0, 0.1) is 13.8 Å². The molecule has 0 aliphatic heterocycles. The first-order valence-corrected chi connectivity index (χ1v) is 8.80. The molecule has 4 nitrogen and oxygen atoms in total. The number of carbonyl (C=O) groups is 1. The van der Waals surface area contributed by atoms with Gasteiger partial charge in [-0.25, -0.2) is 0 Å². The van der Waals surface area contributed by atoms with Crippen molar-refractivity contribution in [3.63, 3.8) is 0 Å². The van der Waals surface area contributed by atoms with Gasteiger partial charge in [0.2, 0.25) is 5.91 Å². The Morgan fingerprint density at radius 1 is 0.923 bits per heavy atom. The highest BCUT2D eigenvalue weighted by atomic mass is 16.1. The van der Waals surface area contributed by atoms with E-state index in [4.69, 9.17) is 0 Å². The van der Waals surface area contributed by atoms with E-state index in [1.54, 1.807) is 18.6 Å². The van der Waals surface area contributed by atoms with Gasteiger partial charge < -0.3 is 5.32 Å². The fourth-order valence-electron chi connectivity index (χ4n) is 2.77. The van der Waals surface area contributed by atoms with Gasteiger partial charge in [0.05, 0.1) is 5.69 Å². The lowest BCUT2D eigenvalue weighted by atomic mass is 10.0. The molecule has 132 valence electrons. The minimum atomic E-state index is 0.0606. The van der Waals surface area contributed by atoms with Crippen LogP contribution in [0.25, 0.3) is 11.3 Å². The van der Waals surface area contributed by atoms with E-state index in [9.17, 15) is 4.79 Å². The normalized spacial score (nSPS) is 10.5. The molecule has 0 unspecified atom stereocenters. The highest BCUT2D eigenvalue weighted by molar-refractivity contribution is 5.76. The molecule has 0 bridgehead atoms. The summed E-state index contributed by atoms with van der Waals surface area (Å²) in [6.45, 7) is 4.70. The monoisotopic (exact) mass is 345 g/mol. The molecule has 0 atom stereocenters. The Balaban J connectivity index is 1.54. The molecule has 2 aromatic heterocycles. The highest BCUT2D eigenvalue weighted by Crippen LogP contribution is 2.16. The van der Waals surface area contributed by atoms with Crippen molar-refractivity contribution in [1.29, 1.82) is 0 Å². The van der Waals surface area contributed by atoms with Crippen LogP contribution in [0.2, 0.25) is 0 Å². The zero-order valence-corrected chi connectivity index (χ0v) is 15.2. The first-order valence-electron chi connectivity index (χ1n) is 8.80. The average Bonchev–Trinajstić information content (AvgIpc) is 2.68. The minimum Gasteiger partial charge on any atom is -0.352 e. The van der Waals surface area contributed by atoms with Crippen LogP contribution < -0.4 is 5.32 Å². The fourth-order valence-corrected chi connectivity index (χ4v) is 2.77. The van der Waals surface area contributed by atoms with Gasteiger partial charge in [-0.15, -0.1) is 0 Å². The lowest BCUT2D eigenvalue weighted by molar-refractivity contribution is -0.121. The Bertz CT molecular complexity index is 891. The van der Waals surface area contributed by atoms with Gasteiger partial charge in [-0.05, 0) is 66.8 Å². The van der Waals surface area contributed by atoms with Crippen molar-refractivity contribution in [2.45, 2.75) is 33.2 Å². The molecule has 0 aliphatic rings. The molecule has 0 aliphatic carbocycles. The van der Waals surface area contributed by atoms with Crippen LogP contribution in [0.5, 0.6) is 0 Å². The van der Waals surface area contributed by atoms with Gasteiger partial charge in [0.1, 0.15) is 0 Å². The average molecular weight is 345 g/mol. The van der Waals surface area contributed by atoms with Gasteiger partial charge in [0, 0.05) is 37.1 Å². The van der Waals surface area contributed by atoms with Crippen molar-refractivity contribution in [2.75, 3.05) is 0 Å². The summed E-state index contributed by atoms with van der Waals surface area (Å²) in [6, 6.07) is 14.1. The predicted octanol–water partition coefficient (Wildman–Crippen LogP) is 4.01. The van der Waals surface area contributed by atoms with Crippen molar-refractivity contribution >= 4 is 5.91 Å². The van der Waals surface area contributed by atoms with Crippen LogP contribution in [-0.4, -0.2) is 15.9 Å². The van der Waals surface area contributed by atoms with Crippen LogP contribution in [0.4, 0.5) is 0 Å². The Hall–Kier alpha value is -3.01. The summed E-state index contributed by atoms with van der Waals surface area (Å²) in [7, 11) is 0. The van der Waals surface area contributed by atoms with E-state index in [0.29, 0.717) is 13.0 Å². The second-order valence-corrected chi connectivity index (χ2v) is 6.48. The molecule has 1 amide bonds. The molecule has 26 heavy (non-hydrogen) atoms. The van der Waals surface area contributed by atoms with E-state index in [0.717, 1.165) is 23.2 Å². The first kappa shape index (κ1) is 17.8. The Morgan fingerprint density at radius 3 is 2.50 bits per heavy atom. The maximum atomic E-state index is 12.2. The summed E-state index contributed by atoms with van der Waals surface area (Å²) in [6.07, 6.45) is 6.51. The Kier molecular flexibility index (Phi) is 5.74. The maximum Gasteiger partial charge on any atom is 0.220 e. The second-order valence-electron chi connectivity index (χ2n) is 6.48. The SMILES string of the molecule is Cc1ccc(CCC(=O)NCc2ccnc(-c3ccncc3)c2)cc1C. The summed E-state index contributed by atoms with van der Waals surface area (Å²) in [5.41, 5.74) is 6.68. The summed E-state index contributed by atoms with van der Waals surface area (Å²) < 4.78 is 0. The lowest BCUT2D eigenvalue weighted by Crippen LogP contribution is -2.23. The quantitative estimate of drug-likeness (QED) is 0.734. The summed E-state index contributed by atoms with van der Waals surface area (Å²) >= 11 is 0. The number of benzene rings is 1. The number of nitrogens with one attached hydrogen (secondary N) is 1. The van der Waals surface area contributed by atoms with E-state index in [1.807, 2.05) is 24.3 Å². The smallest absolute Gasteiger partial charge is 0.220 e. The number of amides is 1. The molecule has 0 saturated carbocycles. The lowest BCUT2D eigenvalue weighted by Gasteiger charge is -2.08. The van der Waals surface area contributed by atoms with Gasteiger partial charge >= 0.3 is 0 Å². The van der Waals surface area contributed by atoms with E-state index < -0.39 is 0 Å². The number of hydrogen-bond donors (Lipinski definition) is 1. The summed E-state index contributed by atoms with van der Waals surface area (Å²) in [5, 5.41) is 2.99. The van der Waals surface area contributed by atoms with E-state index in [-0.39, 0.29) is 5.91 Å². The van der Waals surface area contributed by atoms with Crippen molar-refractivity contribution in [2.24, 2.45) is 0 Å². The molecule has 0 saturated heterocycles. The molecule has 2 heterocycles. The number of aryl methyl sites for hydroxylation is 3. The first-order chi connectivity index (χ1) is 12.6. The van der Waals surface area contributed by atoms with Gasteiger partial charge in [0.25, 0.3) is 0 Å².